The SMILES string of the molecule is O=C1c2ccc(Oc3ccc([N+](=O)[O-])cc3)cc2C(=O)N1c1cccc(O)c1. The number of benzene rings is 3. The zero-order chi connectivity index (χ0) is 19.8. The summed E-state index contributed by atoms with van der Waals surface area (Å²) in [5.74, 6) is -0.415. The Bertz CT molecular complexity index is 1120. The van der Waals surface area contributed by atoms with Crippen LogP contribution in [-0.4, -0.2) is 21.8 Å². The van der Waals surface area contributed by atoms with Gasteiger partial charge >= 0.3 is 0 Å². The second-order valence-electron chi connectivity index (χ2n) is 6.03. The van der Waals surface area contributed by atoms with Gasteiger partial charge in [0.25, 0.3) is 17.5 Å². The molecule has 0 bridgehead atoms. The van der Waals surface area contributed by atoms with Crippen molar-refractivity contribution in [3.63, 3.8) is 0 Å². The normalized spacial score (nSPS) is 12.8. The van der Waals surface area contributed by atoms with Gasteiger partial charge in [-0.2, -0.15) is 0 Å². The molecule has 0 radical (unpaired) electrons. The molecule has 2 amide bonds. The molecule has 0 atom stereocenters. The second-order valence-corrected chi connectivity index (χ2v) is 6.03. The molecule has 3 aromatic rings. The number of nitrogens with zero attached hydrogens (tertiary/aromatic N) is 2. The number of carbonyl (C=O) groups is 2. The molecule has 0 saturated carbocycles. The van der Waals surface area contributed by atoms with Crippen molar-refractivity contribution in [3.8, 4) is 17.2 Å². The van der Waals surface area contributed by atoms with Crippen molar-refractivity contribution in [2.45, 2.75) is 0 Å². The van der Waals surface area contributed by atoms with Gasteiger partial charge in [0.1, 0.15) is 17.2 Å². The largest absolute Gasteiger partial charge is 0.508 e. The molecule has 3 aromatic carbocycles. The number of hydrogen-bond acceptors (Lipinski definition) is 6. The molecule has 0 aromatic heterocycles. The van der Waals surface area contributed by atoms with Gasteiger partial charge in [-0.25, -0.2) is 4.90 Å². The number of amides is 2. The lowest BCUT2D eigenvalue weighted by molar-refractivity contribution is -0.384. The number of imide groups is 1. The number of aromatic hydroxyl groups is 1. The van der Waals surface area contributed by atoms with Crippen LogP contribution in [0.25, 0.3) is 0 Å². The Hall–Kier alpha value is -4.20. The van der Waals surface area contributed by atoms with Gasteiger partial charge in [0.05, 0.1) is 21.7 Å². The van der Waals surface area contributed by atoms with Crippen LogP contribution in [0.3, 0.4) is 0 Å². The van der Waals surface area contributed by atoms with Crippen molar-refractivity contribution < 1.29 is 24.4 Å². The van der Waals surface area contributed by atoms with E-state index in [0.29, 0.717) is 11.5 Å². The number of phenols is 1. The first-order valence-corrected chi connectivity index (χ1v) is 8.18. The molecule has 28 heavy (non-hydrogen) atoms. The van der Waals surface area contributed by atoms with Crippen molar-refractivity contribution in [3.05, 3.63) is 88.0 Å². The molecular formula is C20H12N2O6. The molecule has 1 heterocycles. The summed E-state index contributed by atoms with van der Waals surface area (Å²) < 4.78 is 5.64. The predicted molar refractivity (Wildman–Crippen MR) is 98.9 cm³/mol. The fraction of sp³-hybridized carbons (Fsp3) is 0. The van der Waals surface area contributed by atoms with Crippen LogP contribution < -0.4 is 9.64 Å². The second kappa shape index (κ2) is 6.51. The summed E-state index contributed by atoms with van der Waals surface area (Å²) in [6, 6.07) is 15.8. The van der Waals surface area contributed by atoms with E-state index in [-0.39, 0.29) is 28.3 Å². The summed E-state index contributed by atoms with van der Waals surface area (Å²) in [7, 11) is 0. The van der Waals surface area contributed by atoms with Gasteiger partial charge in [0.15, 0.2) is 0 Å². The summed E-state index contributed by atoms with van der Waals surface area (Å²) >= 11 is 0. The smallest absolute Gasteiger partial charge is 0.269 e. The first-order chi connectivity index (χ1) is 13.4. The maximum Gasteiger partial charge on any atom is 0.269 e. The van der Waals surface area contributed by atoms with Crippen LogP contribution in [0.4, 0.5) is 11.4 Å². The summed E-state index contributed by atoms with van der Waals surface area (Å²) in [5.41, 5.74) is 0.602. The molecule has 0 saturated heterocycles. The predicted octanol–water partition coefficient (Wildman–Crippen LogP) is 3.89. The number of phenolic OH excluding ortho intramolecular Hbond substituents is 1. The van der Waals surface area contributed by atoms with Crippen LogP contribution in [0.15, 0.2) is 66.7 Å². The van der Waals surface area contributed by atoms with E-state index in [9.17, 15) is 24.8 Å². The van der Waals surface area contributed by atoms with Gasteiger partial charge in [0, 0.05) is 18.2 Å². The van der Waals surface area contributed by atoms with Gasteiger partial charge in [-0.05, 0) is 42.5 Å². The van der Waals surface area contributed by atoms with Crippen molar-refractivity contribution in [1.82, 2.24) is 0 Å². The molecular weight excluding hydrogens is 364 g/mol. The van der Waals surface area contributed by atoms with Crippen LogP contribution in [0.1, 0.15) is 20.7 Å². The molecule has 1 aliphatic rings. The van der Waals surface area contributed by atoms with Gasteiger partial charge in [-0.15, -0.1) is 0 Å². The van der Waals surface area contributed by atoms with Gasteiger partial charge < -0.3 is 9.84 Å². The van der Waals surface area contributed by atoms with Crippen LogP contribution >= 0.6 is 0 Å². The van der Waals surface area contributed by atoms with Crippen LogP contribution in [-0.2, 0) is 0 Å². The Kier molecular flexibility index (Phi) is 4.00. The summed E-state index contributed by atoms with van der Waals surface area (Å²) in [5, 5.41) is 20.3. The van der Waals surface area contributed by atoms with E-state index in [4.69, 9.17) is 4.74 Å². The number of carbonyl (C=O) groups excluding carboxylic acids is 2. The van der Waals surface area contributed by atoms with Crippen LogP contribution in [0, 0.1) is 10.1 Å². The Labute approximate surface area is 158 Å². The van der Waals surface area contributed by atoms with E-state index in [1.54, 1.807) is 6.07 Å². The standard InChI is InChI=1S/C20H12N2O6/c23-14-3-1-2-13(10-14)21-19(24)17-9-8-16(11-18(17)20(21)25)28-15-6-4-12(5-7-15)22(26)27/h1-11,23H. The zero-order valence-electron chi connectivity index (χ0n) is 14.2. The van der Waals surface area contributed by atoms with Crippen molar-refractivity contribution in [2.75, 3.05) is 4.90 Å². The van der Waals surface area contributed by atoms with E-state index in [1.807, 2.05) is 0 Å². The lowest BCUT2D eigenvalue weighted by Gasteiger charge is -2.13. The van der Waals surface area contributed by atoms with Crippen molar-refractivity contribution >= 4 is 23.2 Å². The molecule has 0 spiro atoms. The number of hydrogen-bond donors (Lipinski definition) is 1. The molecule has 8 heteroatoms. The Morgan fingerprint density at radius 1 is 0.857 bits per heavy atom. The van der Waals surface area contributed by atoms with E-state index < -0.39 is 16.7 Å². The molecule has 4 rings (SSSR count). The molecule has 0 aliphatic carbocycles. The van der Waals surface area contributed by atoms with E-state index in [0.717, 1.165) is 4.90 Å². The minimum absolute atomic E-state index is 0.0590. The summed E-state index contributed by atoms with van der Waals surface area (Å²) in [6.07, 6.45) is 0. The number of anilines is 1. The summed E-state index contributed by atoms with van der Waals surface area (Å²) in [6.45, 7) is 0. The fourth-order valence-electron chi connectivity index (χ4n) is 2.92. The fourth-order valence-corrected chi connectivity index (χ4v) is 2.92. The first-order valence-electron chi connectivity index (χ1n) is 8.18. The quantitative estimate of drug-likeness (QED) is 0.420. The minimum Gasteiger partial charge on any atom is -0.508 e. The lowest BCUT2D eigenvalue weighted by atomic mass is 10.1. The number of nitro groups is 1. The van der Waals surface area contributed by atoms with Gasteiger partial charge in [-0.1, -0.05) is 6.07 Å². The maximum absolute atomic E-state index is 12.7. The van der Waals surface area contributed by atoms with Crippen molar-refractivity contribution in [2.24, 2.45) is 0 Å². The number of nitro benzene ring substituents is 1. The highest BCUT2D eigenvalue weighted by atomic mass is 16.6. The molecule has 1 aliphatic heterocycles. The van der Waals surface area contributed by atoms with Crippen molar-refractivity contribution in [1.29, 1.82) is 0 Å². The van der Waals surface area contributed by atoms with Crippen LogP contribution in [0.5, 0.6) is 17.2 Å². The lowest BCUT2D eigenvalue weighted by Crippen LogP contribution is -2.29. The summed E-state index contributed by atoms with van der Waals surface area (Å²) in [4.78, 5) is 36.5. The molecule has 0 fully saturated rings. The van der Waals surface area contributed by atoms with E-state index in [1.165, 1.54) is 60.7 Å². The molecule has 8 nitrogen and oxygen atoms in total. The average Bonchev–Trinajstić information content (AvgIpc) is 2.92. The highest BCUT2D eigenvalue weighted by molar-refractivity contribution is 6.34. The van der Waals surface area contributed by atoms with Gasteiger partial charge in [-0.3, -0.25) is 19.7 Å². The third-order valence-corrected chi connectivity index (χ3v) is 4.23. The zero-order valence-corrected chi connectivity index (χ0v) is 14.2. The Morgan fingerprint density at radius 3 is 2.21 bits per heavy atom. The number of fused-ring (bicyclic) bond motifs is 1. The number of rotatable bonds is 4. The third kappa shape index (κ3) is 2.92. The van der Waals surface area contributed by atoms with Gasteiger partial charge in [0.2, 0.25) is 0 Å². The monoisotopic (exact) mass is 376 g/mol. The van der Waals surface area contributed by atoms with E-state index in [2.05, 4.69) is 0 Å². The average molecular weight is 376 g/mol. The third-order valence-electron chi connectivity index (χ3n) is 4.23. The Balaban J connectivity index is 1.62. The first kappa shape index (κ1) is 17.2. The molecule has 1 N–H and O–H groups in total. The highest BCUT2D eigenvalue weighted by Crippen LogP contribution is 2.33. The molecule has 138 valence electrons. The molecule has 0 unspecified atom stereocenters. The number of ether oxygens (including phenoxy) is 1. The minimum atomic E-state index is -0.528. The highest BCUT2D eigenvalue weighted by Gasteiger charge is 2.37. The topological polar surface area (TPSA) is 110 Å². The maximum atomic E-state index is 12.7. The Morgan fingerprint density at radius 2 is 1.54 bits per heavy atom. The van der Waals surface area contributed by atoms with E-state index >= 15 is 0 Å². The van der Waals surface area contributed by atoms with Crippen LogP contribution in [0.2, 0.25) is 0 Å². The number of non-ortho nitro benzene ring substituents is 1.